The van der Waals surface area contributed by atoms with Crippen molar-refractivity contribution >= 4 is 11.9 Å². The van der Waals surface area contributed by atoms with Gasteiger partial charge in [-0.15, -0.1) is 0 Å². The predicted octanol–water partition coefficient (Wildman–Crippen LogP) is 2.35. The first-order valence-electron chi connectivity index (χ1n) is 10.0. The number of carboxylic acids is 1. The van der Waals surface area contributed by atoms with Crippen molar-refractivity contribution in [2.45, 2.75) is 38.3 Å². The minimum atomic E-state index is -0.870. The van der Waals surface area contributed by atoms with Crippen LogP contribution >= 0.6 is 0 Å². The minimum Gasteiger partial charge on any atom is -0.481 e. The van der Waals surface area contributed by atoms with E-state index in [2.05, 4.69) is 9.88 Å². The normalized spacial score (nSPS) is 21.7. The highest BCUT2D eigenvalue weighted by Gasteiger charge is 2.55. The van der Waals surface area contributed by atoms with Crippen LogP contribution in [0.4, 0.5) is 0 Å². The summed E-state index contributed by atoms with van der Waals surface area (Å²) >= 11 is 0. The molecular formula is C22H26N4O3. The number of aryl methyl sites for hydroxylation is 1. The summed E-state index contributed by atoms with van der Waals surface area (Å²) in [5.41, 5.74) is 2.33. The number of benzene rings is 1. The van der Waals surface area contributed by atoms with Gasteiger partial charge in [0.25, 0.3) is 0 Å². The van der Waals surface area contributed by atoms with Gasteiger partial charge in [0, 0.05) is 37.8 Å². The molecule has 0 saturated carbocycles. The Hall–Kier alpha value is -2.80. The summed E-state index contributed by atoms with van der Waals surface area (Å²) < 4.78 is 0. The maximum Gasteiger partial charge on any atom is 0.309 e. The molecule has 1 unspecified atom stereocenters. The zero-order chi connectivity index (χ0) is 20.6. The molecule has 7 nitrogen and oxygen atoms in total. The van der Waals surface area contributed by atoms with E-state index in [9.17, 15) is 14.7 Å². The van der Waals surface area contributed by atoms with Crippen molar-refractivity contribution < 1.29 is 14.7 Å². The highest BCUT2D eigenvalue weighted by molar-refractivity contribution is 5.88. The summed E-state index contributed by atoms with van der Waals surface area (Å²) in [5, 5.41) is 9.62. The van der Waals surface area contributed by atoms with E-state index in [4.69, 9.17) is 4.98 Å². The Morgan fingerprint density at radius 3 is 2.55 bits per heavy atom. The number of likely N-dealkylation sites (tertiary alicyclic amines) is 2. The van der Waals surface area contributed by atoms with Crippen molar-refractivity contribution in [3.05, 3.63) is 47.9 Å². The first-order valence-corrected chi connectivity index (χ1v) is 10.0. The van der Waals surface area contributed by atoms with E-state index in [1.54, 1.807) is 11.9 Å². The van der Waals surface area contributed by atoms with Crippen LogP contribution in [0.5, 0.6) is 0 Å². The number of aliphatic carboxylic acids is 1. The lowest BCUT2D eigenvalue weighted by molar-refractivity contribution is -0.146. The van der Waals surface area contributed by atoms with Crippen molar-refractivity contribution in [3.8, 4) is 11.3 Å². The second kappa shape index (κ2) is 7.55. The molecule has 2 aromatic rings. The maximum absolute atomic E-state index is 12.2. The average molecular weight is 394 g/mol. The van der Waals surface area contributed by atoms with Crippen LogP contribution in [0.25, 0.3) is 11.3 Å². The number of rotatable bonds is 4. The maximum atomic E-state index is 12.2. The van der Waals surface area contributed by atoms with Gasteiger partial charge >= 0.3 is 5.97 Å². The van der Waals surface area contributed by atoms with Gasteiger partial charge in [0.2, 0.25) is 5.91 Å². The lowest BCUT2D eigenvalue weighted by Gasteiger charge is -2.45. The number of aromatic nitrogens is 2. The van der Waals surface area contributed by atoms with Gasteiger partial charge in [0.15, 0.2) is 0 Å². The number of hydrogen-bond acceptors (Lipinski definition) is 5. The molecule has 2 fully saturated rings. The largest absolute Gasteiger partial charge is 0.481 e. The Morgan fingerprint density at radius 1 is 1.21 bits per heavy atom. The van der Waals surface area contributed by atoms with Crippen LogP contribution in [0.3, 0.4) is 0 Å². The van der Waals surface area contributed by atoms with E-state index >= 15 is 0 Å². The smallest absolute Gasteiger partial charge is 0.309 e. The topological polar surface area (TPSA) is 86.6 Å². The Kier molecular flexibility index (Phi) is 5.08. The molecule has 1 N–H and O–H groups in total. The molecule has 0 bridgehead atoms. The van der Waals surface area contributed by atoms with Crippen molar-refractivity contribution in [3.63, 3.8) is 0 Å². The molecule has 1 spiro atoms. The quantitative estimate of drug-likeness (QED) is 0.857. The summed E-state index contributed by atoms with van der Waals surface area (Å²) in [5.74, 6) is -0.793. The third-order valence-corrected chi connectivity index (χ3v) is 6.42. The first-order chi connectivity index (χ1) is 13.9. The molecule has 0 radical (unpaired) electrons. The highest BCUT2D eigenvalue weighted by Crippen LogP contribution is 2.42. The Morgan fingerprint density at radius 2 is 1.90 bits per heavy atom. The molecule has 1 aromatic heterocycles. The lowest BCUT2D eigenvalue weighted by atomic mass is 9.77. The number of carboxylic acid groups (broad SMARTS) is 1. The van der Waals surface area contributed by atoms with Crippen LogP contribution in [0.2, 0.25) is 0 Å². The van der Waals surface area contributed by atoms with E-state index < -0.39 is 17.4 Å². The summed E-state index contributed by atoms with van der Waals surface area (Å²) in [4.78, 5) is 37.2. The number of amides is 1. The van der Waals surface area contributed by atoms with Gasteiger partial charge in [-0.3, -0.25) is 14.5 Å². The molecule has 1 atom stereocenters. The third-order valence-electron chi connectivity index (χ3n) is 6.42. The summed E-state index contributed by atoms with van der Waals surface area (Å²) in [7, 11) is 1.75. The van der Waals surface area contributed by atoms with E-state index in [1.807, 2.05) is 43.3 Å². The zero-order valence-corrected chi connectivity index (χ0v) is 16.8. The van der Waals surface area contributed by atoms with Crippen LogP contribution in [-0.4, -0.2) is 62.4 Å². The summed E-state index contributed by atoms with van der Waals surface area (Å²) in [6.07, 6.45) is 1.42. The van der Waals surface area contributed by atoms with Gasteiger partial charge in [-0.1, -0.05) is 30.3 Å². The van der Waals surface area contributed by atoms with Gasteiger partial charge < -0.3 is 10.0 Å². The van der Waals surface area contributed by atoms with Gasteiger partial charge in [-0.05, 0) is 25.8 Å². The SMILES string of the molecule is Cc1cc(-c2ccccc2)nc(CN2CCC3(CC2)C(C(=O)O)CC(=O)N3C)n1. The van der Waals surface area contributed by atoms with Crippen LogP contribution in [0, 0.1) is 12.8 Å². The van der Waals surface area contributed by atoms with Gasteiger partial charge in [-0.2, -0.15) is 0 Å². The molecular weight excluding hydrogens is 368 g/mol. The predicted molar refractivity (Wildman–Crippen MR) is 108 cm³/mol. The summed E-state index contributed by atoms with van der Waals surface area (Å²) in [6.45, 7) is 4.03. The lowest BCUT2D eigenvalue weighted by Crippen LogP contribution is -2.56. The minimum absolute atomic E-state index is 0.0691. The molecule has 2 saturated heterocycles. The average Bonchev–Trinajstić information content (AvgIpc) is 2.95. The van der Waals surface area contributed by atoms with Crippen molar-refractivity contribution in [2.24, 2.45) is 5.92 Å². The first kappa shape index (κ1) is 19.5. The zero-order valence-electron chi connectivity index (χ0n) is 16.8. The molecule has 29 heavy (non-hydrogen) atoms. The number of carbonyl (C=O) groups is 2. The Bertz CT molecular complexity index is 923. The van der Waals surface area contributed by atoms with Crippen LogP contribution < -0.4 is 0 Å². The Balaban J connectivity index is 1.48. The van der Waals surface area contributed by atoms with Crippen molar-refractivity contribution in [2.75, 3.05) is 20.1 Å². The molecule has 2 aliphatic rings. The monoisotopic (exact) mass is 394 g/mol. The molecule has 3 heterocycles. The number of carbonyl (C=O) groups excluding carboxylic acids is 1. The van der Waals surface area contributed by atoms with E-state index in [0.717, 1.165) is 35.9 Å². The fraction of sp³-hybridized carbons (Fsp3) is 0.455. The van der Waals surface area contributed by atoms with Crippen LogP contribution in [-0.2, 0) is 16.1 Å². The molecule has 0 aliphatic carbocycles. The van der Waals surface area contributed by atoms with E-state index in [0.29, 0.717) is 19.4 Å². The number of hydrogen-bond donors (Lipinski definition) is 1. The molecule has 152 valence electrons. The van der Waals surface area contributed by atoms with E-state index in [1.165, 1.54) is 0 Å². The second-order valence-electron chi connectivity index (χ2n) is 8.10. The second-order valence-corrected chi connectivity index (χ2v) is 8.10. The number of nitrogens with zero attached hydrogens (tertiary/aromatic N) is 4. The van der Waals surface area contributed by atoms with Crippen molar-refractivity contribution in [1.29, 1.82) is 0 Å². The highest BCUT2D eigenvalue weighted by atomic mass is 16.4. The Labute approximate surface area is 170 Å². The molecule has 4 rings (SSSR count). The van der Waals surface area contributed by atoms with Crippen LogP contribution in [0.15, 0.2) is 36.4 Å². The fourth-order valence-electron chi connectivity index (χ4n) is 4.74. The van der Waals surface area contributed by atoms with Gasteiger partial charge in [-0.25, -0.2) is 9.97 Å². The number of piperidine rings is 1. The standard InChI is InChI=1S/C22H26N4O3/c1-15-12-18(16-6-4-3-5-7-16)24-19(23-15)14-26-10-8-22(9-11-26)17(21(28)29)13-20(27)25(22)2/h3-7,12,17H,8-11,13-14H2,1-2H3,(H,28,29). The van der Waals surface area contributed by atoms with Gasteiger partial charge in [0.05, 0.1) is 23.7 Å². The van der Waals surface area contributed by atoms with Crippen LogP contribution in [0.1, 0.15) is 30.8 Å². The van der Waals surface area contributed by atoms with Crippen molar-refractivity contribution in [1.82, 2.24) is 19.8 Å². The van der Waals surface area contributed by atoms with Gasteiger partial charge in [0.1, 0.15) is 5.82 Å². The fourth-order valence-corrected chi connectivity index (χ4v) is 4.74. The summed E-state index contributed by atoms with van der Waals surface area (Å²) in [6, 6.07) is 12.0. The third kappa shape index (κ3) is 3.62. The van der Waals surface area contributed by atoms with E-state index in [-0.39, 0.29) is 12.3 Å². The molecule has 7 heteroatoms. The molecule has 2 aliphatic heterocycles. The molecule has 1 amide bonds. The molecule has 1 aromatic carbocycles.